The summed E-state index contributed by atoms with van der Waals surface area (Å²) in [5.41, 5.74) is 0.628. The second-order valence-electron chi connectivity index (χ2n) is 4.98. The van der Waals surface area contributed by atoms with Crippen molar-refractivity contribution in [2.75, 3.05) is 27.4 Å². The highest BCUT2D eigenvalue weighted by Gasteiger charge is 2.34. The summed E-state index contributed by atoms with van der Waals surface area (Å²) in [5, 5.41) is -0.342. The molecule has 1 aromatic rings. The second kappa shape index (κ2) is 8.91. The minimum Gasteiger partial charge on any atom is -0.493 e. The van der Waals surface area contributed by atoms with Gasteiger partial charge in [-0.25, -0.2) is 4.79 Å². The van der Waals surface area contributed by atoms with Crippen LogP contribution in [0.4, 0.5) is 4.79 Å². The van der Waals surface area contributed by atoms with Gasteiger partial charge in [-0.1, -0.05) is 6.08 Å². The highest BCUT2D eigenvalue weighted by molar-refractivity contribution is 9.10. The first-order valence-electron chi connectivity index (χ1n) is 7.34. The molecule has 2 rings (SSSR count). The van der Waals surface area contributed by atoms with Crippen LogP contribution < -0.4 is 9.47 Å². The molecule has 138 valence electrons. The molecular formula is C17H16BrNO6S. The van der Waals surface area contributed by atoms with Crippen LogP contribution in [0, 0.1) is 0 Å². The molecule has 0 bridgehead atoms. The fourth-order valence-electron chi connectivity index (χ4n) is 2.09. The number of esters is 1. The van der Waals surface area contributed by atoms with Gasteiger partial charge >= 0.3 is 5.97 Å². The zero-order valence-corrected chi connectivity index (χ0v) is 16.5. The molecule has 1 aromatic carbocycles. The molecule has 0 unspecified atom stereocenters. The number of ether oxygens (including phenoxy) is 3. The third kappa shape index (κ3) is 4.47. The Morgan fingerprint density at radius 2 is 2.08 bits per heavy atom. The van der Waals surface area contributed by atoms with E-state index in [2.05, 4.69) is 27.2 Å². The van der Waals surface area contributed by atoms with Crippen molar-refractivity contribution in [1.29, 1.82) is 0 Å². The fourth-order valence-corrected chi connectivity index (χ4v) is 3.51. The number of halogens is 1. The van der Waals surface area contributed by atoms with E-state index >= 15 is 0 Å². The van der Waals surface area contributed by atoms with E-state index < -0.39 is 5.97 Å². The van der Waals surface area contributed by atoms with Gasteiger partial charge in [0.2, 0.25) is 0 Å². The Hall–Kier alpha value is -2.26. The average molecular weight is 442 g/mol. The van der Waals surface area contributed by atoms with Crippen molar-refractivity contribution in [2.24, 2.45) is 0 Å². The quantitative estimate of drug-likeness (QED) is 0.364. The molecular weight excluding hydrogens is 426 g/mol. The van der Waals surface area contributed by atoms with Gasteiger partial charge in [0.15, 0.2) is 18.1 Å². The third-order valence-electron chi connectivity index (χ3n) is 3.30. The summed E-state index contributed by atoms with van der Waals surface area (Å²) < 4.78 is 15.8. The molecule has 1 saturated heterocycles. The monoisotopic (exact) mass is 441 g/mol. The van der Waals surface area contributed by atoms with Gasteiger partial charge in [0.25, 0.3) is 11.1 Å². The average Bonchev–Trinajstić information content (AvgIpc) is 2.87. The summed E-state index contributed by atoms with van der Waals surface area (Å²) >= 11 is 4.21. The van der Waals surface area contributed by atoms with Gasteiger partial charge in [-0.15, -0.1) is 6.58 Å². The van der Waals surface area contributed by atoms with Crippen molar-refractivity contribution in [3.63, 3.8) is 0 Å². The first-order chi connectivity index (χ1) is 12.4. The van der Waals surface area contributed by atoms with Crippen LogP contribution in [0.15, 0.2) is 34.2 Å². The molecule has 26 heavy (non-hydrogen) atoms. The van der Waals surface area contributed by atoms with E-state index in [9.17, 15) is 14.4 Å². The Bertz CT molecular complexity index is 792. The molecule has 0 aliphatic carbocycles. The van der Waals surface area contributed by atoms with Crippen LogP contribution in [0.1, 0.15) is 5.56 Å². The molecule has 0 spiro atoms. The number of carbonyl (C=O) groups is 3. The molecule has 2 amide bonds. The first kappa shape index (κ1) is 20.1. The molecule has 1 fully saturated rings. The van der Waals surface area contributed by atoms with Crippen LogP contribution >= 0.6 is 27.7 Å². The van der Waals surface area contributed by atoms with Crippen molar-refractivity contribution < 1.29 is 28.6 Å². The van der Waals surface area contributed by atoms with Crippen LogP contribution in [0.3, 0.4) is 0 Å². The zero-order chi connectivity index (χ0) is 19.3. The lowest BCUT2D eigenvalue weighted by molar-refractivity contribution is -0.143. The minimum atomic E-state index is -0.529. The number of imide groups is 1. The SMILES string of the molecule is C=CCN1C(=O)S/C(=C/c2cc(Br)c(OCC(=O)OC)c(OC)c2)C1=O. The number of methoxy groups -OCH3 is 2. The number of hydrogen-bond donors (Lipinski definition) is 0. The summed E-state index contributed by atoms with van der Waals surface area (Å²) in [6, 6.07) is 3.33. The fraction of sp³-hybridized carbons (Fsp3) is 0.235. The largest absolute Gasteiger partial charge is 0.493 e. The van der Waals surface area contributed by atoms with Crippen LogP contribution in [-0.4, -0.2) is 49.4 Å². The lowest BCUT2D eigenvalue weighted by atomic mass is 10.2. The maximum Gasteiger partial charge on any atom is 0.343 e. The van der Waals surface area contributed by atoms with E-state index in [1.54, 1.807) is 18.2 Å². The van der Waals surface area contributed by atoms with Crippen LogP contribution in [0.5, 0.6) is 11.5 Å². The van der Waals surface area contributed by atoms with Crippen molar-refractivity contribution in [2.45, 2.75) is 0 Å². The Kier molecular flexibility index (Phi) is 6.87. The molecule has 9 heteroatoms. The van der Waals surface area contributed by atoms with Gasteiger partial charge in [-0.3, -0.25) is 14.5 Å². The molecule has 0 saturated carbocycles. The predicted molar refractivity (Wildman–Crippen MR) is 101 cm³/mol. The molecule has 1 aliphatic rings. The topological polar surface area (TPSA) is 82.1 Å². The summed E-state index contributed by atoms with van der Waals surface area (Å²) in [4.78, 5) is 36.8. The third-order valence-corrected chi connectivity index (χ3v) is 4.79. The number of thioether (sulfide) groups is 1. The van der Waals surface area contributed by atoms with Crippen molar-refractivity contribution in [3.05, 3.63) is 39.7 Å². The van der Waals surface area contributed by atoms with Gasteiger partial charge in [-0.05, 0) is 51.5 Å². The number of carbonyl (C=O) groups excluding carboxylic acids is 3. The van der Waals surface area contributed by atoms with E-state index in [0.717, 1.165) is 16.7 Å². The van der Waals surface area contributed by atoms with E-state index in [1.807, 2.05) is 0 Å². The zero-order valence-electron chi connectivity index (χ0n) is 14.1. The van der Waals surface area contributed by atoms with Crippen LogP contribution in [0.2, 0.25) is 0 Å². The Balaban J connectivity index is 2.30. The molecule has 0 N–H and O–H groups in total. The number of rotatable bonds is 7. The Labute approximate surface area is 163 Å². The molecule has 0 radical (unpaired) electrons. The lowest BCUT2D eigenvalue weighted by Gasteiger charge is -2.13. The van der Waals surface area contributed by atoms with Crippen molar-refractivity contribution >= 4 is 50.9 Å². The minimum absolute atomic E-state index is 0.162. The second-order valence-corrected chi connectivity index (χ2v) is 6.83. The van der Waals surface area contributed by atoms with E-state index in [-0.39, 0.29) is 24.3 Å². The van der Waals surface area contributed by atoms with E-state index in [1.165, 1.54) is 20.3 Å². The summed E-state index contributed by atoms with van der Waals surface area (Å²) in [5.74, 6) is -0.213. The summed E-state index contributed by atoms with van der Waals surface area (Å²) in [6.45, 7) is 3.43. The molecule has 1 heterocycles. The predicted octanol–water partition coefficient (Wildman–Crippen LogP) is 3.23. The van der Waals surface area contributed by atoms with Crippen LogP contribution in [0.25, 0.3) is 6.08 Å². The number of benzene rings is 1. The Morgan fingerprint density at radius 1 is 1.35 bits per heavy atom. The highest BCUT2D eigenvalue weighted by atomic mass is 79.9. The molecule has 0 atom stereocenters. The highest BCUT2D eigenvalue weighted by Crippen LogP contribution is 2.39. The maximum atomic E-state index is 12.3. The van der Waals surface area contributed by atoms with E-state index in [4.69, 9.17) is 9.47 Å². The van der Waals surface area contributed by atoms with Gasteiger partial charge in [-0.2, -0.15) is 0 Å². The van der Waals surface area contributed by atoms with Gasteiger partial charge in [0.05, 0.1) is 23.6 Å². The number of hydrogen-bond acceptors (Lipinski definition) is 7. The number of amides is 2. The molecule has 1 aliphatic heterocycles. The lowest BCUT2D eigenvalue weighted by Crippen LogP contribution is -2.27. The van der Waals surface area contributed by atoms with E-state index in [0.29, 0.717) is 26.4 Å². The van der Waals surface area contributed by atoms with Crippen molar-refractivity contribution in [1.82, 2.24) is 4.90 Å². The normalized spacial score (nSPS) is 15.3. The smallest absolute Gasteiger partial charge is 0.343 e. The molecule has 7 nitrogen and oxygen atoms in total. The first-order valence-corrected chi connectivity index (χ1v) is 8.95. The summed E-state index contributed by atoms with van der Waals surface area (Å²) in [7, 11) is 2.72. The molecule has 0 aromatic heterocycles. The van der Waals surface area contributed by atoms with Gasteiger partial charge in [0, 0.05) is 6.54 Å². The van der Waals surface area contributed by atoms with Gasteiger partial charge in [0.1, 0.15) is 0 Å². The maximum absolute atomic E-state index is 12.3. The van der Waals surface area contributed by atoms with Gasteiger partial charge < -0.3 is 14.2 Å². The van der Waals surface area contributed by atoms with Crippen LogP contribution in [-0.2, 0) is 14.3 Å². The summed E-state index contributed by atoms with van der Waals surface area (Å²) in [6.07, 6.45) is 3.08. The Morgan fingerprint density at radius 3 is 2.69 bits per heavy atom. The number of nitrogens with zero attached hydrogens (tertiary/aromatic N) is 1. The van der Waals surface area contributed by atoms with Crippen molar-refractivity contribution in [3.8, 4) is 11.5 Å². The standard InChI is InChI=1S/C17H16BrNO6S/c1-4-5-19-16(21)13(26-17(19)22)8-10-6-11(18)15(12(7-10)23-2)25-9-14(20)24-3/h4,6-8H,1,5,9H2,2-3H3/b13-8+.